The molecule has 0 fully saturated rings. The summed E-state index contributed by atoms with van der Waals surface area (Å²) >= 11 is 0. The molecule has 0 atom stereocenters. The van der Waals surface area contributed by atoms with Gasteiger partial charge in [0.05, 0.1) is 19.3 Å². The number of hydrogen-bond acceptors (Lipinski definition) is 4. The van der Waals surface area contributed by atoms with Crippen LogP contribution in [0.2, 0.25) is 0 Å². The third-order valence-corrected chi connectivity index (χ3v) is 2.23. The van der Waals surface area contributed by atoms with Crippen molar-refractivity contribution in [3.8, 4) is 11.8 Å². The lowest BCUT2D eigenvalue weighted by Crippen LogP contribution is -2.04. The van der Waals surface area contributed by atoms with Gasteiger partial charge in [-0.3, -0.25) is 0 Å². The summed E-state index contributed by atoms with van der Waals surface area (Å²) in [5, 5.41) is 0. The fourth-order valence-electron chi connectivity index (χ4n) is 1.32. The Balaban J connectivity index is 2.98. The van der Waals surface area contributed by atoms with Crippen LogP contribution >= 0.6 is 0 Å². The summed E-state index contributed by atoms with van der Waals surface area (Å²) in [5.41, 5.74) is 1.80. The first-order valence-corrected chi connectivity index (χ1v) is 5.46. The fourth-order valence-corrected chi connectivity index (χ4v) is 1.32. The topological polar surface area (TPSA) is 52.6 Å². The molecule has 1 rings (SSSR count). The SMILES string of the molecule is CCOC(=O)C#Cc1ccc(C)c(C(=O)OC)c1. The summed E-state index contributed by atoms with van der Waals surface area (Å²) in [7, 11) is 1.32. The van der Waals surface area contributed by atoms with Gasteiger partial charge < -0.3 is 9.47 Å². The van der Waals surface area contributed by atoms with Gasteiger partial charge in [-0.25, -0.2) is 9.59 Å². The Labute approximate surface area is 106 Å². The van der Waals surface area contributed by atoms with Crippen LogP contribution in [-0.2, 0) is 14.3 Å². The number of hydrogen-bond donors (Lipinski definition) is 0. The number of aryl methyl sites for hydroxylation is 1. The van der Waals surface area contributed by atoms with E-state index in [2.05, 4.69) is 21.3 Å². The molecule has 1 aromatic carbocycles. The second kappa shape index (κ2) is 6.45. The van der Waals surface area contributed by atoms with Crippen molar-refractivity contribution in [1.82, 2.24) is 0 Å². The Morgan fingerprint density at radius 2 is 2.06 bits per heavy atom. The van der Waals surface area contributed by atoms with Crippen molar-refractivity contribution in [2.75, 3.05) is 13.7 Å². The van der Waals surface area contributed by atoms with Gasteiger partial charge in [0.2, 0.25) is 0 Å². The molecular weight excluding hydrogens is 232 g/mol. The minimum atomic E-state index is -0.585. The molecule has 0 aliphatic carbocycles. The Hall–Kier alpha value is -2.28. The molecule has 18 heavy (non-hydrogen) atoms. The minimum Gasteiger partial charge on any atom is -0.465 e. The lowest BCUT2D eigenvalue weighted by atomic mass is 10.1. The fraction of sp³-hybridized carbons (Fsp3) is 0.286. The predicted molar refractivity (Wildman–Crippen MR) is 66.0 cm³/mol. The van der Waals surface area contributed by atoms with Crippen LogP contribution in [0.4, 0.5) is 0 Å². The molecule has 0 aliphatic heterocycles. The van der Waals surface area contributed by atoms with Gasteiger partial charge in [0.1, 0.15) is 0 Å². The molecule has 0 amide bonds. The normalized spacial score (nSPS) is 9.06. The van der Waals surface area contributed by atoms with Crippen molar-refractivity contribution in [3.63, 3.8) is 0 Å². The van der Waals surface area contributed by atoms with Crippen LogP contribution in [0.25, 0.3) is 0 Å². The second-order valence-electron chi connectivity index (χ2n) is 3.49. The summed E-state index contributed by atoms with van der Waals surface area (Å²) in [5.74, 6) is 3.97. The molecule has 0 heterocycles. The van der Waals surface area contributed by atoms with Gasteiger partial charge >= 0.3 is 11.9 Å². The number of methoxy groups -OCH3 is 1. The van der Waals surface area contributed by atoms with Crippen molar-refractivity contribution in [2.45, 2.75) is 13.8 Å². The van der Waals surface area contributed by atoms with Gasteiger partial charge in [0.25, 0.3) is 0 Å². The van der Waals surface area contributed by atoms with Gasteiger partial charge in [-0.2, -0.15) is 0 Å². The van der Waals surface area contributed by atoms with Gasteiger partial charge in [0.15, 0.2) is 0 Å². The van der Waals surface area contributed by atoms with Crippen molar-refractivity contribution in [2.24, 2.45) is 0 Å². The lowest BCUT2D eigenvalue weighted by molar-refractivity contribution is -0.136. The molecule has 0 unspecified atom stereocenters. The molecule has 0 radical (unpaired) electrons. The van der Waals surface area contributed by atoms with E-state index in [0.717, 1.165) is 5.56 Å². The molecule has 0 saturated heterocycles. The van der Waals surface area contributed by atoms with Crippen molar-refractivity contribution < 1.29 is 19.1 Å². The summed E-state index contributed by atoms with van der Waals surface area (Å²) < 4.78 is 9.34. The van der Waals surface area contributed by atoms with Crippen molar-refractivity contribution >= 4 is 11.9 Å². The number of rotatable bonds is 2. The summed E-state index contributed by atoms with van der Waals surface area (Å²) in [6.07, 6.45) is 0. The Kier molecular flexibility index (Phi) is 4.94. The molecule has 1 aromatic rings. The summed E-state index contributed by atoms with van der Waals surface area (Å²) in [6.45, 7) is 3.80. The van der Waals surface area contributed by atoms with E-state index in [-0.39, 0.29) is 6.61 Å². The number of benzene rings is 1. The Morgan fingerprint density at radius 1 is 1.33 bits per heavy atom. The summed E-state index contributed by atoms with van der Waals surface area (Å²) in [6, 6.07) is 5.07. The zero-order valence-corrected chi connectivity index (χ0v) is 10.6. The van der Waals surface area contributed by atoms with Gasteiger partial charge in [0, 0.05) is 11.5 Å². The van der Waals surface area contributed by atoms with Crippen LogP contribution in [-0.4, -0.2) is 25.7 Å². The van der Waals surface area contributed by atoms with Crippen LogP contribution < -0.4 is 0 Å². The van der Waals surface area contributed by atoms with E-state index in [1.54, 1.807) is 32.0 Å². The van der Waals surface area contributed by atoms with Crippen LogP contribution in [0.5, 0.6) is 0 Å². The van der Waals surface area contributed by atoms with E-state index in [9.17, 15) is 9.59 Å². The first kappa shape index (κ1) is 13.8. The number of carbonyl (C=O) groups is 2. The molecule has 0 aromatic heterocycles. The highest BCUT2D eigenvalue weighted by Gasteiger charge is 2.09. The second-order valence-corrected chi connectivity index (χ2v) is 3.49. The molecule has 4 nitrogen and oxygen atoms in total. The standard InChI is InChI=1S/C14H14O4/c1-4-18-13(15)8-7-11-6-5-10(2)12(9-11)14(16)17-3/h5-6,9H,4H2,1-3H3. The quantitative estimate of drug-likeness (QED) is 0.588. The average Bonchev–Trinajstić information content (AvgIpc) is 2.37. The molecule has 0 aliphatic rings. The molecule has 94 valence electrons. The van der Waals surface area contributed by atoms with E-state index < -0.39 is 11.9 Å². The third-order valence-electron chi connectivity index (χ3n) is 2.23. The van der Waals surface area contributed by atoms with E-state index >= 15 is 0 Å². The van der Waals surface area contributed by atoms with Crippen LogP contribution in [0.15, 0.2) is 18.2 Å². The zero-order valence-electron chi connectivity index (χ0n) is 10.6. The van der Waals surface area contributed by atoms with E-state index in [1.807, 2.05) is 0 Å². The molecule has 0 saturated carbocycles. The maximum absolute atomic E-state index is 11.5. The van der Waals surface area contributed by atoms with Gasteiger partial charge in [-0.05, 0) is 31.5 Å². The molecule has 0 spiro atoms. The first-order valence-electron chi connectivity index (χ1n) is 5.46. The van der Waals surface area contributed by atoms with Crippen molar-refractivity contribution in [3.05, 3.63) is 34.9 Å². The number of carbonyl (C=O) groups excluding carboxylic acids is 2. The smallest absolute Gasteiger partial charge is 0.384 e. The maximum Gasteiger partial charge on any atom is 0.384 e. The van der Waals surface area contributed by atoms with E-state index in [1.165, 1.54) is 7.11 Å². The maximum atomic E-state index is 11.5. The average molecular weight is 246 g/mol. The third kappa shape index (κ3) is 3.63. The van der Waals surface area contributed by atoms with E-state index in [0.29, 0.717) is 11.1 Å². The van der Waals surface area contributed by atoms with Crippen LogP contribution in [0, 0.1) is 18.8 Å². The lowest BCUT2D eigenvalue weighted by Gasteiger charge is -2.03. The largest absolute Gasteiger partial charge is 0.465 e. The van der Waals surface area contributed by atoms with E-state index in [4.69, 9.17) is 0 Å². The van der Waals surface area contributed by atoms with Crippen LogP contribution in [0.1, 0.15) is 28.4 Å². The highest BCUT2D eigenvalue weighted by atomic mass is 16.5. The molecular formula is C14H14O4. The molecule has 0 N–H and O–H groups in total. The Morgan fingerprint density at radius 3 is 2.67 bits per heavy atom. The van der Waals surface area contributed by atoms with Gasteiger partial charge in [-0.15, -0.1) is 0 Å². The molecule has 0 bridgehead atoms. The first-order chi connectivity index (χ1) is 8.58. The molecule has 4 heteroatoms. The Bertz CT molecular complexity index is 520. The number of ether oxygens (including phenoxy) is 2. The van der Waals surface area contributed by atoms with Gasteiger partial charge in [-0.1, -0.05) is 12.0 Å². The highest BCUT2D eigenvalue weighted by Crippen LogP contribution is 2.11. The summed E-state index contributed by atoms with van der Waals surface area (Å²) in [4.78, 5) is 22.5. The predicted octanol–water partition coefficient (Wildman–Crippen LogP) is 1.70. The zero-order chi connectivity index (χ0) is 13.5. The highest BCUT2D eigenvalue weighted by molar-refractivity contribution is 5.92. The number of esters is 2. The van der Waals surface area contributed by atoms with Crippen LogP contribution in [0.3, 0.4) is 0 Å². The monoisotopic (exact) mass is 246 g/mol. The minimum absolute atomic E-state index is 0.287. The van der Waals surface area contributed by atoms with Crippen molar-refractivity contribution in [1.29, 1.82) is 0 Å².